The molecule has 88 valence electrons. The lowest BCUT2D eigenvalue weighted by Gasteiger charge is -2.16. The van der Waals surface area contributed by atoms with E-state index in [1.165, 1.54) is 47.9 Å². The number of allylic oxidation sites excluding steroid dienone is 2. The Labute approximate surface area is 109 Å². The van der Waals surface area contributed by atoms with Gasteiger partial charge in [-0.05, 0) is 65.7 Å². The van der Waals surface area contributed by atoms with Crippen molar-refractivity contribution in [2.24, 2.45) is 0 Å². The Morgan fingerprint density at radius 1 is 1.35 bits per heavy atom. The van der Waals surface area contributed by atoms with Crippen molar-refractivity contribution < 1.29 is 0 Å². The molecule has 0 spiro atoms. The van der Waals surface area contributed by atoms with E-state index in [4.69, 9.17) is 0 Å². The Morgan fingerprint density at radius 3 is 3.00 bits per heavy atom. The second-order valence-corrected chi connectivity index (χ2v) is 5.49. The molecule has 0 amide bonds. The van der Waals surface area contributed by atoms with Crippen LogP contribution >= 0.6 is 15.9 Å². The van der Waals surface area contributed by atoms with Crippen LogP contribution in [0.5, 0.6) is 0 Å². The van der Waals surface area contributed by atoms with E-state index in [9.17, 15) is 0 Å². The van der Waals surface area contributed by atoms with E-state index in [1.54, 1.807) is 0 Å². The molecule has 2 aromatic rings. The number of hydrogen-bond donors (Lipinski definition) is 0. The number of aromatic nitrogens is 2. The molecule has 2 heterocycles. The van der Waals surface area contributed by atoms with E-state index in [-0.39, 0.29) is 0 Å². The number of fused-ring (bicyclic) bond motifs is 1. The maximum atomic E-state index is 4.36. The molecule has 3 heteroatoms. The van der Waals surface area contributed by atoms with Crippen molar-refractivity contribution in [3.05, 3.63) is 40.1 Å². The zero-order chi connectivity index (χ0) is 11.8. The highest BCUT2D eigenvalue weighted by atomic mass is 79.9. The van der Waals surface area contributed by atoms with Crippen molar-refractivity contribution >= 4 is 27.0 Å². The number of hydrogen-bond acceptors (Lipinski definition) is 1. The van der Waals surface area contributed by atoms with E-state index in [0.29, 0.717) is 0 Å². The molecule has 0 unspecified atom stereocenters. The van der Waals surface area contributed by atoms with Crippen molar-refractivity contribution in [3.8, 4) is 0 Å². The van der Waals surface area contributed by atoms with E-state index in [1.807, 2.05) is 16.9 Å². The molecule has 0 radical (unpaired) electrons. The second-order valence-electron chi connectivity index (χ2n) is 4.63. The van der Waals surface area contributed by atoms with Gasteiger partial charge < -0.3 is 0 Å². The van der Waals surface area contributed by atoms with Gasteiger partial charge in [-0.2, -0.15) is 5.10 Å². The van der Waals surface area contributed by atoms with Gasteiger partial charge in [0.05, 0.1) is 16.2 Å². The third-order valence-corrected chi connectivity index (χ3v) is 4.04. The average molecular weight is 291 g/mol. The Balaban J connectivity index is 2.29. The summed E-state index contributed by atoms with van der Waals surface area (Å²) >= 11 is 3.61. The van der Waals surface area contributed by atoms with Crippen LogP contribution in [0.25, 0.3) is 11.1 Å². The molecule has 2 nitrogen and oxygen atoms in total. The summed E-state index contributed by atoms with van der Waals surface area (Å²) in [6.45, 7) is 2.18. The molecule has 2 aromatic heterocycles. The predicted molar refractivity (Wildman–Crippen MR) is 74.1 cm³/mol. The molecule has 0 fully saturated rings. The number of pyridine rings is 1. The first-order chi connectivity index (χ1) is 8.27. The third-order valence-electron chi connectivity index (χ3n) is 3.46. The maximum absolute atomic E-state index is 4.36. The lowest BCUT2D eigenvalue weighted by Crippen LogP contribution is -1.99. The van der Waals surface area contributed by atoms with Crippen LogP contribution in [0.4, 0.5) is 0 Å². The molecule has 0 bridgehead atoms. The lowest BCUT2D eigenvalue weighted by atomic mass is 9.91. The fraction of sp³-hybridized carbons (Fsp3) is 0.357. The molecule has 0 saturated heterocycles. The molecule has 0 saturated carbocycles. The number of halogens is 1. The van der Waals surface area contributed by atoms with Crippen LogP contribution in [-0.4, -0.2) is 9.61 Å². The standard InChI is InChI=1S/C14H15BrN2/c1-10-7-8-17-14(12(15)9-16-17)13(10)11-5-3-2-4-6-11/h5,7-9H,2-4,6H2,1H3. The highest BCUT2D eigenvalue weighted by Crippen LogP contribution is 2.34. The quantitative estimate of drug-likeness (QED) is 0.763. The highest BCUT2D eigenvalue weighted by Gasteiger charge is 2.15. The van der Waals surface area contributed by atoms with Crippen LogP contribution in [0.3, 0.4) is 0 Å². The van der Waals surface area contributed by atoms with Gasteiger partial charge in [-0.3, -0.25) is 0 Å². The van der Waals surface area contributed by atoms with Gasteiger partial charge in [0, 0.05) is 11.8 Å². The summed E-state index contributed by atoms with van der Waals surface area (Å²) < 4.78 is 3.05. The Kier molecular flexibility index (Phi) is 2.79. The van der Waals surface area contributed by atoms with Gasteiger partial charge in [-0.1, -0.05) is 6.08 Å². The molecule has 0 aromatic carbocycles. The van der Waals surface area contributed by atoms with Gasteiger partial charge >= 0.3 is 0 Å². The van der Waals surface area contributed by atoms with Crippen molar-refractivity contribution in [1.29, 1.82) is 0 Å². The minimum Gasteiger partial charge on any atom is -0.239 e. The van der Waals surface area contributed by atoms with Gasteiger partial charge in [-0.25, -0.2) is 4.52 Å². The first-order valence-corrected chi connectivity index (χ1v) is 6.88. The molecule has 1 aliphatic rings. The molecule has 3 rings (SSSR count). The third kappa shape index (κ3) is 1.82. The van der Waals surface area contributed by atoms with Gasteiger partial charge in [0.25, 0.3) is 0 Å². The van der Waals surface area contributed by atoms with Crippen molar-refractivity contribution in [1.82, 2.24) is 9.61 Å². The average Bonchev–Trinajstić information content (AvgIpc) is 2.73. The maximum Gasteiger partial charge on any atom is 0.0881 e. The minimum absolute atomic E-state index is 1.09. The van der Waals surface area contributed by atoms with E-state index >= 15 is 0 Å². The van der Waals surface area contributed by atoms with Gasteiger partial charge in [0.1, 0.15) is 0 Å². The summed E-state index contributed by atoms with van der Waals surface area (Å²) in [5, 5.41) is 4.36. The number of nitrogens with zero attached hydrogens (tertiary/aromatic N) is 2. The summed E-state index contributed by atoms with van der Waals surface area (Å²) in [6.07, 6.45) is 11.3. The fourth-order valence-corrected chi connectivity index (χ4v) is 3.08. The minimum atomic E-state index is 1.09. The Bertz CT molecular complexity index is 596. The molecule has 0 atom stereocenters. The van der Waals surface area contributed by atoms with Crippen molar-refractivity contribution in [2.75, 3.05) is 0 Å². The molecule has 0 N–H and O–H groups in total. The van der Waals surface area contributed by atoms with Gasteiger partial charge in [0.15, 0.2) is 0 Å². The predicted octanol–water partition coefficient (Wildman–Crippen LogP) is 4.36. The summed E-state index contributed by atoms with van der Waals surface area (Å²) in [6, 6.07) is 2.15. The molecular weight excluding hydrogens is 276 g/mol. The van der Waals surface area contributed by atoms with Crippen molar-refractivity contribution in [2.45, 2.75) is 32.6 Å². The van der Waals surface area contributed by atoms with Crippen LogP contribution < -0.4 is 0 Å². The van der Waals surface area contributed by atoms with E-state index in [0.717, 1.165) is 4.47 Å². The van der Waals surface area contributed by atoms with Crippen LogP contribution in [-0.2, 0) is 0 Å². The van der Waals surface area contributed by atoms with Gasteiger partial charge in [-0.15, -0.1) is 0 Å². The molecule has 1 aliphatic carbocycles. The zero-order valence-corrected chi connectivity index (χ0v) is 11.5. The Hall–Kier alpha value is -1.09. The van der Waals surface area contributed by atoms with Crippen molar-refractivity contribution in [3.63, 3.8) is 0 Å². The molecule has 17 heavy (non-hydrogen) atoms. The zero-order valence-electron chi connectivity index (χ0n) is 9.91. The summed E-state index contributed by atoms with van der Waals surface area (Å²) in [4.78, 5) is 0. The largest absolute Gasteiger partial charge is 0.239 e. The first kappa shape index (κ1) is 11.0. The van der Waals surface area contributed by atoms with Crippen LogP contribution in [0.2, 0.25) is 0 Å². The molecule has 0 aliphatic heterocycles. The van der Waals surface area contributed by atoms with Crippen LogP contribution in [0, 0.1) is 6.92 Å². The topological polar surface area (TPSA) is 17.3 Å². The number of aryl methyl sites for hydroxylation is 1. The lowest BCUT2D eigenvalue weighted by molar-refractivity contribution is 0.741. The monoisotopic (exact) mass is 290 g/mol. The fourth-order valence-electron chi connectivity index (χ4n) is 2.61. The SMILES string of the molecule is Cc1ccn2ncc(Br)c2c1C1=CCCCC1. The van der Waals surface area contributed by atoms with E-state index in [2.05, 4.69) is 40.1 Å². The molecular formula is C14H15BrN2. The highest BCUT2D eigenvalue weighted by molar-refractivity contribution is 9.10. The normalized spacial score (nSPS) is 16.2. The smallest absolute Gasteiger partial charge is 0.0881 e. The summed E-state index contributed by atoms with van der Waals surface area (Å²) in [7, 11) is 0. The second kappa shape index (κ2) is 4.30. The van der Waals surface area contributed by atoms with E-state index < -0.39 is 0 Å². The van der Waals surface area contributed by atoms with Gasteiger partial charge in [0.2, 0.25) is 0 Å². The first-order valence-electron chi connectivity index (χ1n) is 6.09. The summed E-state index contributed by atoms with van der Waals surface area (Å²) in [5.41, 5.74) is 5.40. The van der Waals surface area contributed by atoms with Crippen LogP contribution in [0.15, 0.2) is 29.0 Å². The Morgan fingerprint density at radius 2 is 2.24 bits per heavy atom. The summed E-state index contributed by atoms with van der Waals surface area (Å²) in [5.74, 6) is 0. The van der Waals surface area contributed by atoms with Crippen LogP contribution in [0.1, 0.15) is 36.8 Å². The number of rotatable bonds is 1.